The van der Waals surface area contributed by atoms with Crippen LogP contribution in [0.3, 0.4) is 0 Å². The van der Waals surface area contributed by atoms with Crippen LogP contribution in [0, 0.1) is 6.92 Å². The van der Waals surface area contributed by atoms with Crippen LogP contribution in [0.25, 0.3) is 5.69 Å². The van der Waals surface area contributed by atoms with E-state index in [2.05, 4.69) is 15.4 Å². The number of thioether (sulfide) groups is 1. The molecule has 1 N–H and O–H groups in total. The van der Waals surface area contributed by atoms with E-state index in [-0.39, 0.29) is 11.2 Å². The van der Waals surface area contributed by atoms with Gasteiger partial charge in [0.25, 0.3) is 0 Å². The predicted molar refractivity (Wildman–Crippen MR) is 99.4 cm³/mol. The number of aryl methyl sites for hydroxylation is 1. The molecular weight excluding hydrogens is 358 g/mol. The number of fused-ring (bicyclic) bond motifs is 1. The Morgan fingerprint density at radius 1 is 1.32 bits per heavy atom. The van der Waals surface area contributed by atoms with Gasteiger partial charge < -0.3 is 5.32 Å². The molecule has 6 nitrogen and oxygen atoms in total. The molecule has 0 spiro atoms. The van der Waals surface area contributed by atoms with Gasteiger partial charge in [0.05, 0.1) is 22.9 Å². The molecule has 128 valence electrons. The molecular formula is C17H16ClN5OS. The summed E-state index contributed by atoms with van der Waals surface area (Å²) in [6.07, 6.45) is 3.60. The Bertz CT molecular complexity index is 947. The van der Waals surface area contributed by atoms with Crippen molar-refractivity contribution in [2.24, 2.45) is 7.05 Å². The molecule has 0 saturated carbocycles. The van der Waals surface area contributed by atoms with Crippen LogP contribution in [0.5, 0.6) is 0 Å². The third-order valence-electron chi connectivity index (χ3n) is 4.35. The minimum Gasteiger partial charge on any atom is -0.308 e. The molecule has 1 atom stereocenters. The van der Waals surface area contributed by atoms with Gasteiger partial charge in [0.15, 0.2) is 5.82 Å². The quantitative estimate of drug-likeness (QED) is 0.748. The van der Waals surface area contributed by atoms with Gasteiger partial charge >= 0.3 is 0 Å². The maximum absolute atomic E-state index is 12.1. The summed E-state index contributed by atoms with van der Waals surface area (Å²) in [6, 6.07) is 7.57. The second-order valence-corrected chi connectivity index (χ2v) is 7.40. The number of imidazole rings is 1. The molecule has 3 heterocycles. The van der Waals surface area contributed by atoms with Crippen molar-refractivity contribution in [1.82, 2.24) is 19.3 Å². The van der Waals surface area contributed by atoms with Gasteiger partial charge in [-0.15, -0.1) is 11.8 Å². The lowest BCUT2D eigenvalue weighted by Gasteiger charge is -2.17. The Morgan fingerprint density at radius 2 is 2.08 bits per heavy atom. The number of hydrogen-bond acceptors (Lipinski definition) is 4. The highest BCUT2D eigenvalue weighted by molar-refractivity contribution is 8.00. The Kier molecular flexibility index (Phi) is 4.05. The van der Waals surface area contributed by atoms with E-state index in [0.29, 0.717) is 16.6 Å². The third kappa shape index (κ3) is 2.83. The van der Waals surface area contributed by atoms with E-state index in [1.165, 1.54) is 0 Å². The van der Waals surface area contributed by atoms with Crippen LogP contribution in [0.4, 0.5) is 5.82 Å². The van der Waals surface area contributed by atoms with Crippen LogP contribution in [-0.4, -0.2) is 31.0 Å². The maximum atomic E-state index is 12.1. The maximum Gasteiger partial charge on any atom is 0.235 e. The highest BCUT2D eigenvalue weighted by Crippen LogP contribution is 2.42. The normalized spacial score (nSPS) is 17.1. The van der Waals surface area contributed by atoms with E-state index in [1.54, 1.807) is 18.1 Å². The van der Waals surface area contributed by atoms with Gasteiger partial charge in [-0.05, 0) is 31.2 Å². The molecule has 4 rings (SSSR count). The molecule has 0 radical (unpaired) electrons. The summed E-state index contributed by atoms with van der Waals surface area (Å²) < 4.78 is 3.85. The zero-order chi connectivity index (χ0) is 17.6. The summed E-state index contributed by atoms with van der Waals surface area (Å²) >= 11 is 7.59. The van der Waals surface area contributed by atoms with Crippen LogP contribution in [-0.2, 0) is 11.8 Å². The number of aromatic nitrogens is 4. The molecule has 0 fully saturated rings. The molecule has 25 heavy (non-hydrogen) atoms. The standard InChI is InChI=1S/C17H16ClN5OS/c1-10-13(7-20-22(10)2)16-15-17(21-14(24)8-25-16)19-9-23(15)12-5-3-11(18)4-6-12/h3-7,9,16H,8H2,1-2H3,(H,21,24)/t16-/m1/s1. The van der Waals surface area contributed by atoms with Crippen LogP contribution in [0.1, 0.15) is 22.2 Å². The number of nitrogens with one attached hydrogen (secondary N) is 1. The van der Waals surface area contributed by atoms with E-state index < -0.39 is 0 Å². The number of carbonyl (C=O) groups excluding carboxylic acids is 1. The SMILES string of the molecule is Cc1c([C@H]2SCC(=O)Nc3ncn(-c4ccc(Cl)cc4)c32)cnn1C. The average molecular weight is 374 g/mol. The minimum atomic E-state index is -0.0448. The van der Waals surface area contributed by atoms with Crippen LogP contribution < -0.4 is 5.32 Å². The second kappa shape index (κ2) is 6.24. The Morgan fingerprint density at radius 3 is 2.76 bits per heavy atom. The van der Waals surface area contributed by atoms with Gasteiger partial charge in [0.1, 0.15) is 6.33 Å². The fraction of sp³-hybridized carbons (Fsp3) is 0.235. The second-order valence-electron chi connectivity index (χ2n) is 5.87. The fourth-order valence-electron chi connectivity index (χ4n) is 2.93. The van der Waals surface area contributed by atoms with Gasteiger partial charge in [-0.1, -0.05) is 11.6 Å². The van der Waals surface area contributed by atoms with E-state index in [4.69, 9.17) is 11.6 Å². The molecule has 3 aromatic rings. The number of rotatable bonds is 2. The van der Waals surface area contributed by atoms with Gasteiger partial charge in [-0.3, -0.25) is 14.0 Å². The number of halogens is 1. The monoisotopic (exact) mass is 373 g/mol. The number of carbonyl (C=O) groups is 1. The zero-order valence-corrected chi connectivity index (χ0v) is 15.3. The van der Waals surface area contributed by atoms with Gasteiger partial charge in [0.2, 0.25) is 5.91 Å². The Balaban J connectivity index is 1.89. The van der Waals surface area contributed by atoms with Crippen LogP contribution in [0.15, 0.2) is 36.8 Å². The zero-order valence-electron chi connectivity index (χ0n) is 13.7. The van der Waals surface area contributed by atoms with E-state index in [9.17, 15) is 4.79 Å². The van der Waals surface area contributed by atoms with Crippen molar-refractivity contribution in [1.29, 1.82) is 0 Å². The smallest absolute Gasteiger partial charge is 0.235 e. The van der Waals surface area contributed by atoms with E-state index >= 15 is 0 Å². The van der Waals surface area contributed by atoms with Crippen molar-refractivity contribution in [3.8, 4) is 5.69 Å². The largest absolute Gasteiger partial charge is 0.308 e. The highest BCUT2D eigenvalue weighted by atomic mass is 35.5. The van der Waals surface area contributed by atoms with Crippen LogP contribution >= 0.6 is 23.4 Å². The molecule has 0 bridgehead atoms. The van der Waals surface area contributed by atoms with Crippen molar-refractivity contribution >= 4 is 35.1 Å². The van der Waals surface area contributed by atoms with Crippen molar-refractivity contribution in [2.45, 2.75) is 12.2 Å². The average Bonchev–Trinajstić information content (AvgIpc) is 3.10. The number of anilines is 1. The third-order valence-corrected chi connectivity index (χ3v) is 5.84. The summed E-state index contributed by atoms with van der Waals surface area (Å²) in [4.78, 5) is 16.5. The number of hydrogen-bond donors (Lipinski definition) is 1. The molecule has 1 aliphatic heterocycles. The highest BCUT2D eigenvalue weighted by Gasteiger charge is 2.31. The first kappa shape index (κ1) is 16.2. The molecule has 0 saturated heterocycles. The summed E-state index contributed by atoms with van der Waals surface area (Å²) in [5.74, 6) is 0.922. The lowest BCUT2D eigenvalue weighted by atomic mass is 10.1. The minimum absolute atomic E-state index is 0.0409. The van der Waals surface area contributed by atoms with Crippen molar-refractivity contribution < 1.29 is 4.79 Å². The van der Waals surface area contributed by atoms with Crippen molar-refractivity contribution in [3.05, 3.63) is 58.8 Å². The van der Waals surface area contributed by atoms with Gasteiger partial charge in [0, 0.05) is 29.0 Å². The first-order chi connectivity index (χ1) is 12.0. The number of benzene rings is 1. The predicted octanol–water partition coefficient (Wildman–Crippen LogP) is 3.34. The van der Waals surface area contributed by atoms with E-state index in [0.717, 1.165) is 22.6 Å². The Labute approximate surface area is 154 Å². The lowest BCUT2D eigenvalue weighted by Crippen LogP contribution is -2.12. The van der Waals surface area contributed by atoms with Crippen molar-refractivity contribution in [2.75, 3.05) is 11.1 Å². The molecule has 2 aromatic heterocycles. The molecule has 1 amide bonds. The summed E-state index contributed by atoms with van der Waals surface area (Å²) in [7, 11) is 1.92. The first-order valence-electron chi connectivity index (χ1n) is 7.77. The number of nitrogens with zero attached hydrogens (tertiary/aromatic N) is 4. The molecule has 0 unspecified atom stereocenters. The molecule has 1 aromatic carbocycles. The summed E-state index contributed by atoms with van der Waals surface area (Å²) in [6.45, 7) is 2.03. The number of amides is 1. The summed E-state index contributed by atoms with van der Waals surface area (Å²) in [5, 5.41) is 7.91. The Hall–Kier alpha value is -2.25. The molecule has 1 aliphatic rings. The topological polar surface area (TPSA) is 64.7 Å². The van der Waals surface area contributed by atoms with Gasteiger partial charge in [-0.25, -0.2) is 4.98 Å². The fourth-order valence-corrected chi connectivity index (χ4v) is 4.24. The van der Waals surface area contributed by atoms with Crippen LogP contribution in [0.2, 0.25) is 5.02 Å². The summed E-state index contributed by atoms with van der Waals surface area (Å²) in [5.41, 5.74) is 4.04. The first-order valence-corrected chi connectivity index (χ1v) is 9.20. The molecule has 0 aliphatic carbocycles. The van der Waals surface area contributed by atoms with Gasteiger partial charge in [-0.2, -0.15) is 5.10 Å². The lowest BCUT2D eigenvalue weighted by molar-refractivity contribution is -0.113. The molecule has 8 heteroatoms. The van der Waals surface area contributed by atoms with Crippen molar-refractivity contribution in [3.63, 3.8) is 0 Å². The van der Waals surface area contributed by atoms with E-state index in [1.807, 2.05) is 53.7 Å².